The summed E-state index contributed by atoms with van der Waals surface area (Å²) in [6.45, 7) is 1.98. The van der Waals surface area contributed by atoms with Crippen LogP contribution in [0.25, 0.3) is 0 Å². The molecule has 19 heavy (non-hydrogen) atoms. The normalized spacial score (nSPS) is 10.3. The van der Waals surface area contributed by atoms with Crippen LogP contribution in [0.3, 0.4) is 0 Å². The number of rotatable bonds is 4. The van der Waals surface area contributed by atoms with Gasteiger partial charge in [0.25, 0.3) is 0 Å². The van der Waals surface area contributed by atoms with Crippen molar-refractivity contribution in [1.29, 1.82) is 0 Å². The molecule has 0 N–H and O–H groups in total. The summed E-state index contributed by atoms with van der Waals surface area (Å²) in [5.74, 6) is 0.548. The molecule has 0 aliphatic heterocycles. The fourth-order valence-electron chi connectivity index (χ4n) is 1.56. The second-order valence-electron chi connectivity index (χ2n) is 4.15. The minimum Gasteiger partial charge on any atom is -0.484 e. The summed E-state index contributed by atoms with van der Waals surface area (Å²) in [5, 5.41) is 0.615. The Morgan fingerprint density at radius 1 is 1.21 bits per heavy atom. The van der Waals surface area contributed by atoms with Crippen LogP contribution in [0.5, 0.6) is 5.75 Å². The Morgan fingerprint density at radius 3 is 2.53 bits per heavy atom. The third-order valence-corrected chi connectivity index (χ3v) is 3.48. The van der Waals surface area contributed by atoms with Crippen molar-refractivity contribution in [1.82, 2.24) is 0 Å². The number of halogens is 2. The van der Waals surface area contributed by atoms with Gasteiger partial charge in [-0.3, -0.25) is 4.79 Å². The number of hydrogen-bond acceptors (Lipinski definition) is 2. The number of aryl methyl sites for hydroxylation is 1. The quantitative estimate of drug-likeness (QED) is 0.757. The first-order valence-electron chi connectivity index (χ1n) is 5.74. The third-order valence-electron chi connectivity index (χ3n) is 2.63. The fourth-order valence-corrected chi connectivity index (χ4v) is 2.36. The largest absolute Gasteiger partial charge is 0.484 e. The number of carbonyl (C=O) groups excluding carboxylic acids is 1. The number of carbonyl (C=O) groups is 1. The highest BCUT2D eigenvalue weighted by molar-refractivity contribution is 9.10. The van der Waals surface area contributed by atoms with Crippen molar-refractivity contribution in [2.24, 2.45) is 0 Å². The van der Waals surface area contributed by atoms with Crippen LogP contribution in [-0.4, -0.2) is 12.4 Å². The molecule has 0 fully saturated rings. The summed E-state index contributed by atoms with van der Waals surface area (Å²) < 4.78 is 6.22. The molecule has 98 valence electrons. The average molecular weight is 340 g/mol. The number of Topliss-reactive ketones (excluding diaryl/α,β-unsaturated/α-hetero) is 1. The van der Waals surface area contributed by atoms with Gasteiger partial charge in [-0.25, -0.2) is 0 Å². The van der Waals surface area contributed by atoms with Crippen LogP contribution >= 0.6 is 27.5 Å². The van der Waals surface area contributed by atoms with Crippen LogP contribution < -0.4 is 4.74 Å². The van der Waals surface area contributed by atoms with Crippen molar-refractivity contribution in [3.63, 3.8) is 0 Å². The lowest BCUT2D eigenvalue weighted by atomic mass is 10.1. The SMILES string of the molecule is Cc1ccc(C(=O)COc2ccc(Cl)cc2Br)cc1. The maximum Gasteiger partial charge on any atom is 0.200 e. The van der Waals surface area contributed by atoms with Crippen LogP contribution in [0.1, 0.15) is 15.9 Å². The summed E-state index contributed by atoms with van der Waals surface area (Å²) in [6.07, 6.45) is 0. The molecule has 0 radical (unpaired) electrons. The topological polar surface area (TPSA) is 26.3 Å². The Bertz CT molecular complexity index is 594. The molecule has 0 saturated carbocycles. The minimum absolute atomic E-state index is 0.00327. The van der Waals surface area contributed by atoms with E-state index in [0.717, 1.165) is 10.0 Å². The van der Waals surface area contributed by atoms with Gasteiger partial charge in [-0.15, -0.1) is 0 Å². The predicted octanol–water partition coefficient (Wildman–Crippen LogP) is 4.67. The first-order chi connectivity index (χ1) is 9.06. The summed E-state index contributed by atoms with van der Waals surface area (Å²) in [5.41, 5.74) is 1.77. The van der Waals surface area contributed by atoms with E-state index in [1.807, 2.05) is 19.1 Å². The molecule has 0 bridgehead atoms. The van der Waals surface area contributed by atoms with Crippen LogP contribution in [0.15, 0.2) is 46.9 Å². The molecule has 0 unspecified atom stereocenters. The van der Waals surface area contributed by atoms with Crippen molar-refractivity contribution in [2.45, 2.75) is 6.92 Å². The van der Waals surface area contributed by atoms with E-state index in [2.05, 4.69) is 15.9 Å². The molecule has 2 aromatic carbocycles. The first-order valence-corrected chi connectivity index (χ1v) is 6.91. The third kappa shape index (κ3) is 3.82. The van der Waals surface area contributed by atoms with Gasteiger partial charge < -0.3 is 4.74 Å². The highest BCUT2D eigenvalue weighted by atomic mass is 79.9. The maximum absolute atomic E-state index is 11.9. The van der Waals surface area contributed by atoms with Crippen molar-refractivity contribution in [3.8, 4) is 5.75 Å². The van der Waals surface area contributed by atoms with E-state index < -0.39 is 0 Å². The van der Waals surface area contributed by atoms with Crippen LogP contribution in [0, 0.1) is 6.92 Å². The number of hydrogen-bond donors (Lipinski definition) is 0. The van der Waals surface area contributed by atoms with Crippen LogP contribution in [0.2, 0.25) is 5.02 Å². The summed E-state index contributed by atoms with van der Waals surface area (Å²) in [6, 6.07) is 12.6. The summed E-state index contributed by atoms with van der Waals surface area (Å²) in [7, 11) is 0. The molecule has 4 heteroatoms. The standard InChI is InChI=1S/C15H12BrClO2/c1-10-2-4-11(5-3-10)14(18)9-19-15-7-6-12(17)8-13(15)16/h2-8H,9H2,1H3. The molecule has 0 heterocycles. The fraction of sp³-hybridized carbons (Fsp3) is 0.133. The van der Waals surface area contributed by atoms with Gasteiger partial charge in [-0.1, -0.05) is 41.4 Å². The molecule has 0 atom stereocenters. The van der Waals surface area contributed by atoms with E-state index in [1.54, 1.807) is 30.3 Å². The molecule has 2 aromatic rings. The zero-order valence-corrected chi connectivity index (χ0v) is 12.7. The van der Waals surface area contributed by atoms with Gasteiger partial charge in [-0.2, -0.15) is 0 Å². The lowest BCUT2D eigenvalue weighted by Gasteiger charge is -2.08. The van der Waals surface area contributed by atoms with Gasteiger partial charge in [0, 0.05) is 10.6 Å². The lowest BCUT2D eigenvalue weighted by molar-refractivity contribution is 0.0921. The molecule has 0 amide bonds. The highest BCUT2D eigenvalue weighted by Gasteiger charge is 2.08. The Hall–Kier alpha value is -1.32. The van der Waals surface area contributed by atoms with Crippen molar-refractivity contribution in [2.75, 3.05) is 6.61 Å². The van der Waals surface area contributed by atoms with Crippen LogP contribution in [0.4, 0.5) is 0 Å². The van der Waals surface area contributed by atoms with Gasteiger partial charge in [0.15, 0.2) is 12.4 Å². The number of ketones is 1. The second-order valence-corrected chi connectivity index (χ2v) is 5.44. The lowest BCUT2D eigenvalue weighted by Crippen LogP contribution is -2.11. The Kier molecular flexibility index (Phi) is 4.61. The maximum atomic E-state index is 11.9. The van der Waals surface area contributed by atoms with Crippen molar-refractivity contribution < 1.29 is 9.53 Å². The van der Waals surface area contributed by atoms with Gasteiger partial charge in [-0.05, 0) is 41.1 Å². The summed E-state index contributed by atoms with van der Waals surface area (Å²) in [4.78, 5) is 11.9. The summed E-state index contributed by atoms with van der Waals surface area (Å²) >= 11 is 9.18. The Balaban J connectivity index is 2.02. The Morgan fingerprint density at radius 2 is 1.89 bits per heavy atom. The average Bonchev–Trinajstić information content (AvgIpc) is 2.38. The molecule has 0 saturated heterocycles. The predicted molar refractivity (Wildman–Crippen MR) is 80.2 cm³/mol. The van der Waals surface area contributed by atoms with E-state index in [1.165, 1.54) is 0 Å². The monoisotopic (exact) mass is 338 g/mol. The van der Waals surface area contributed by atoms with E-state index in [9.17, 15) is 4.79 Å². The molecule has 2 rings (SSSR count). The molecule has 0 aliphatic carbocycles. The second kappa shape index (κ2) is 6.22. The molecule has 0 aromatic heterocycles. The van der Waals surface area contributed by atoms with E-state index in [0.29, 0.717) is 16.3 Å². The Labute approximate surface area is 125 Å². The van der Waals surface area contributed by atoms with Crippen molar-refractivity contribution >= 4 is 33.3 Å². The highest BCUT2D eigenvalue weighted by Crippen LogP contribution is 2.28. The smallest absolute Gasteiger partial charge is 0.200 e. The molecule has 2 nitrogen and oxygen atoms in total. The minimum atomic E-state index is -0.0538. The van der Waals surface area contributed by atoms with Crippen LogP contribution in [-0.2, 0) is 0 Å². The van der Waals surface area contributed by atoms with Crippen molar-refractivity contribution in [3.05, 3.63) is 63.1 Å². The molecular formula is C15H12BrClO2. The van der Waals surface area contributed by atoms with Gasteiger partial charge in [0.1, 0.15) is 5.75 Å². The van der Waals surface area contributed by atoms with Gasteiger partial charge in [0.05, 0.1) is 4.47 Å². The van der Waals surface area contributed by atoms with E-state index in [4.69, 9.17) is 16.3 Å². The molecule has 0 spiro atoms. The van der Waals surface area contributed by atoms with E-state index >= 15 is 0 Å². The zero-order chi connectivity index (χ0) is 13.8. The first kappa shape index (κ1) is 14.1. The zero-order valence-electron chi connectivity index (χ0n) is 10.3. The van der Waals surface area contributed by atoms with Gasteiger partial charge >= 0.3 is 0 Å². The molecular weight excluding hydrogens is 328 g/mol. The molecule has 0 aliphatic rings. The number of ether oxygens (including phenoxy) is 1. The number of benzene rings is 2. The van der Waals surface area contributed by atoms with E-state index in [-0.39, 0.29) is 12.4 Å². The van der Waals surface area contributed by atoms with Gasteiger partial charge in [0.2, 0.25) is 0 Å².